The van der Waals surface area contributed by atoms with Crippen LogP contribution in [0.1, 0.15) is 27.6 Å². The van der Waals surface area contributed by atoms with E-state index in [0.717, 1.165) is 0 Å². The van der Waals surface area contributed by atoms with Crippen molar-refractivity contribution in [1.29, 1.82) is 0 Å². The molecule has 0 amide bonds. The molecular weight excluding hydrogens is 300 g/mol. The molecule has 7 heteroatoms. The number of nitrogens with zero attached hydrogens (tertiary/aromatic N) is 2. The van der Waals surface area contributed by atoms with Gasteiger partial charge in [0.15, 0.2) is 0 Å². The Balaban J connectivity index is 2.16. The lowest BCUT2D eigenvalue weighted by Crippen LogP contribution is -2.03. The molecule has 0 saturated carbocycles. The number of ether oxygens (including phenoxy) is 1. The van der Waals surface area contributed by atoms with Crippen LogP contribution in [-0.4, -0.2) is 28.8 Å². The zero-order valence-electron chi connectivity index (χ0n) is 12.3. The molecule has 2 aromatic rings. The molecule has 0 radical (unpaired) electrons. The summed E-state index contributed by atoms with van der Waals surface area (Å²) >= 11 is 0. The maximum absolute atomic E-state index is 11.5. The Morgan fingerprint density at radius 2 is 1.65 bits per heavy atom. The maximum Gasteiger partial charge on any atom is 0.339 e. The second-order valence-electron chi connectivity index (χ2n) is 4.47. The third-order valence-electron chi connectivity index (χ3n) is 2.87. The zero-order valence-corrected chi connectivity index (χ0v) is 12.3. The Bertz CT molecular complexity index is 754. The highest BCUT2D eigenvalue weighted by Crippen LogP contribution is 2.25. The van der Waals surface area contributed by atoms with Crippen molar-refractivity contribution in [3.05, 3.63) is 53.6 Å². The smallest absolute Gasteiger partial charge is 0.339 e. The van der Waals surface area contributed by atoms with Crippen LogP contribution in [0, 0.1) is 0 Å². The lowest BCUT2D eigenvalue weighted by atomic mass is 10.2. The second kappa shape index (κ2) is 7.17. The van der Waals surface area contributed by atoms with Crippen molar-refractivity contribution < 1.29 is 24.5 Å². The Morgan fingerprint density at radius 1 is 1.04 bits per heavy atom. The van der Waals surface area contributed by atoms with Crippen molar-refractivity contribution in [2.24, 2.45) is 10.2 Å². The van der Waals surface area contributed by atoms with Crippen LogP contribution in [0.15, 0.2) is 52.7 Å². The SMILES string of the molecule is CCOC(=O)c1ccc(N=Nc2ccc(O)c(C(=O)O)c2)cc1. The van der Waals surface area contributed by atoms with Crippen LogP contribution in [-0.2, 0) is 4.74 Å². The Morgan fingerprint density at radius 3 is 2.26 bits per heavy atom. The minimum atomic E-state index is -1.25. The summed E-state index contributed by atoms with van der Waals surface area (Å²) < 4.78 is 4.87. The van der Waals surface area contributed by atoms with Gasteiger partial charge in [0, 0.05) is 0 Å². The van der Waals surface area contributed by atoms with E-state index in [9.17, 15) is 14.7 Å². The fourth-order valence-electron chi connectivity index (χ4n) is 1.75. The molecule has 2 N–H and O–H groups in total. The molecule has 0 fully saturated rings. The van der Waals surface area contributed by atoms with Crippen molar-refractivity contribution in [2.75, 3.05) is 6.61 Å². The predicted molar refractivity (Wildman–Crippen MR) is 81.6 cm³/mol. The van der Waals surface area contributed by atoms with Gasteiger partial charge < -0.3 is 14.9 Å². The molecule has 0 heterocycles. The van der Waals surface area contributed by atoms with E-state index in [2.05, 4.69) is 10.2 Å². The monoisotopic (exact) mass is 314 g/mol. The fourth-order valence-corrected chi connectivity index (χ4v) is 1.75. The number of rotatable bonds is 5. The number of benzene rings is 2. The largest absolute Gasteiger partial charge is 0.507 e. The summed E-state index contributed by atoms with van der Waals surface area (Å²) in [5, 5.41) is 26.2. The molecule has 0 aliphatic rings. The van der Waals surface area contributed by atoms with Crippen molar-refractivity contribution in [2.45, 2.75) is 6.92 Å². The molecule has 118 valence electrons. The van der Waals surface area contributed by atoms with Gasteiger partial charge in [0.25, 0.3) is 0 Å². The summed E-state index contributed by atoms with van der Waals surface area (Å²) in [7, 11) is 0. The van der Waals surface area contributed by atoms with Crippen molar-refractivity contribution in [3.63, 3.8) is 0 Å². The number of hydrogen-bond acceptors (Lipinski definition) is 6. The van der Waals surface area contributed by atoms with Gasteiger partial charge in [-0.1, -0.05) is 0 Å². The predicted octanol–water partition coefficient (Wildman–Crippen LogP) is 3.68. The molecule has 0 saturated heterocycles. The standard InChI is InChI=1S/C16H14N2O5/c1-2-23-16(22)10-3-5-11(6-4-10)17-18-12-7-8-14(19)13(9-12)15(20)21/h3-9,19H,2H2,1H3,(H,20,21). The number of esters is 1. The third kappa shape index (κ3) is 4.13. The normalized spacial score (nSPS) is 10.7. The van der Waals surface area contributed by atoms with Gasteiger partial charge in [0.05, 0.1) is 23.5 Å². The van der Waals surface area contributed by atoms with Gasteiger partial charge in [0.1, 0.15) is 11.3 Å². The Hall–Kier alpha value is -3.22. The van der Waals surface area contributed by atoms with E-state index in [1.807, 2.05) is 0 Å². The number of carboxylic acids is 1. The van der Waals surface area contributed by atoms with Crippen LogP contribution in [0.3, 0.4) is 0 Å². The average molecular weight is 314 g/mol. The summed E-state index contributed by atoms with van der Waals surface area (Å²) in [5.74, 6) is -2.01. The van der Waals surface area contributed by atoms with Gasteiger partial charge >= 0.3 is 11.9 Å². The molecule has 0 aliphatic carbocycles. The maximum atomic E-state index is 11.5. The van der Waals surface area contributed by atoms with E-state index in [4.69, 9.17) is 9.84 Å². The molecule has 0 spiro atoms. The Kier molecular flexibility index (Phi) is 5.03. The minimum absolute atomic E-state index is 0.251. The zero-order chi connectivity index (χ0) is 16.8. The van der Waals surface area contributed by atoms with Crippen LogP contribution in [0.4, 0.5) is 11.4 Å². The summed E-state index contributed by atoms with van der Waals surface area (Å²) in [6.45, 7) is 2.02. The van der Waals surface area contributed by atoms with Crippen molar-refractivity contribution >= 4 is 23.3 Å². The quantitative estimate of drug-likeness (QED) is 0.646. The van der Waals surface area contributed by atoms with Crippen LogP contribution < -0.4 is 0 Å². The highest BCUT2D eigenvalue weighted by Gasteiger charge is 2.10. The summed E-state index contributed by atoms with van der Waals surface area (Å²) in [4.78, 5) is 22.4. The van der Waals surface area contributed by atoms with Crippen LogP contribution in [0.25, 0.3) is 0 Å². The number of azo groups is 1. The number of aromatic carboxylic acids is 1. The van der Waals surface area contributed by atoms with E-state index < -0.39 is 11.9 Å². The van der Waals surface area contributed by atoms with Gasteiger partial charge in [-0.05, 0) is 49.4 Å². The number of carbonyl (C=O) groups excluding carboxylic acids is 1. The first kappa shape index (κ1) is 16.2. The molecule has 23 heavy (non-hydrogen) atoms. The fraction of sp³-hybridized carbons (Fsp3) is 0.125. The molecule has 7 nitrogen and oxygen atoms in total. The molecule has 0 aromatic heterocycles. The molecule has 0 atom stereocenters. The highest BCUT2D eigenvalue weighted by atomic mass is 16.5. The summed E-state index contributed by atoms with van der Waals surface area (Å²) in [6.07, 6.45) is 0. The second-order valence-corrected chi connectivity index (χ2v) is 4.47. The van der Waals surface area contributed by atoms with Gasteiger partial charge in [0.2, 0.25) is 0 Å². The first-order chi connectivity index (χ1) is 11.0. The van der Waals surface area contributed by atoms with E-state index in [1.54, 1.807) is 31.2 Å². The average Bonchev–Trinajstić information content (AvgIpc) is 2.54. The summed E-state index contributed by atoms with van der Waals surface area (Å²) in [5.41, 5.74) is 0.931. The Labute approximate surface area is 131 Å². The molecule has 0 aliphatic heterocycles. The first-order valence-electron chi connectivity index (χ1n) is 6.76. The number of carboxylic acid groups (broad SMARTS) is 1. The third-order valence-corrected chi connectivity index (χ3v) is 2.87. The first-order valence-corrected chi connectivity index (χ1v) is 6.76. The number of aromatic hydroxyl groups is 1. The minimum Gasteiger partial charge on any atom is -0.507 e. The van der Waals surface area contributed by atoms with Crippen LogP contribution in [0.5, 0.6) is 5.75 Å². The van der Waals surface area contributed by atoms with Gasteiger partial charge in [-0.25, -0.2) is 9.59 Å². The number of carbonyl (C=O) groups is 2. The van der Waals surface area contributed by atoms with E-state index in [1.165, 1.54) is 18.2 Å². The summed E-state index contributed by atoms with van der Waals surface area (Å²) in [6, 6.07) is 10.2. The van der Waals surface area contributed by atoms with Gasteiger partial charge in [-0.3, -0.25) is 0 Å². The highest BCUT2D eigenvalue weighted by molar-refractivity contribution is 5.91. The molecular formula is C16H14N2O5. The van der Waals surface area contributed by atoms with Crippen molar-refractivity contribution in [3.8, 4) is 5.75 Å². The van der Waals surface area contributed by atoms with E-state index >= 15 is 0 Å². The number of hydrogen-bond donors (Lipinski definition) is 2. The van der Waals surface area contributed by atoms with Gasteiger partial charge in [-0.15, -0.1) is 0 Å². The van der Waals surface area contributed by atoms with Crippen molar-refractivity contribution in [1.82, 2.24) is 0 Å². The lowest BCUT2D eigenvalue weighted by Gasteiger charge is -2.01. The molecule has 2 rings (SSSR count). The van der Waals surface area contributed by atoms with Gasteiger partial charge in [-0.2, -0.15) is 10.2 Å². The topological polar surface area (TPSA) is 109 Å². The molecule has 0 unspecified atom stereocenters. The molecule has 2 aromatic carbocycles. The number of phenols is 1. The van der Waals surface area contributed by atoms with Crippen LogP contribution in [0.2, 0.25) is 0 Å². The van der Waals surface area contributed by atoms with Crippen LogP contribution >= 0.6 is 0 Å². The van der Waals surface area contributed by atoms with E-state index in [-0.39, 0.29) is 17.0 Å². The molecule has 0 bridgehead atoms. The van der Waals surface area contributed by atoms with E-state index in [0.29, 0.717) is 17.9 Å². The lowest BCUT2D eigenvalue weighted by molar-refractivity contribution is 0.0525.